The van der Waals surface area contributed by atoms with Gasteiger partial charge in [-0.1, -0.05) is 47.9 Å². The quantitative estimate of drug-likeness (QED) is 0.675. The number of nitrogens with two attached hydrogens (primary N) is 1. The van der Waals surface area contributed by atoms with Crippen LogP contribution < -0.4 is 11.1 Å². The van der Waals surface area contributed by atoms with Crippen molar-refractivity contribution in [1.29, 1.82) is 0 Å². The highest BCUT2D eigenvalue weighted by Gasteiger charge is 2.09. The number of carbonyl (C=O) groups excluding carboxylic acids is 1. The molecule has 0 aliphatic carbocycles. The minimum absolute atomic E-state index is 0.0109. The van der Waals surface area contributed by atoms with Crippen LogP contribution in [0.1, 0.15) is 42.7 Å². The lowest BCUT2D eigenvalue weighted by molar-refractivity contribution is -0.116. The van der Waals surface area contributed by atoms with Crippen LogP contribution in [0, 0.1) is 0 Å². The van der Waals surface area contributed by atoms with Crippen molar-refractivity contribution in [1.82, 2.24) is 10.2 Å². The summed E-state index contributed by atoms with van der Waals surface area (Å²) in [5.74, 6) is -0.0109. The number of aromatic nitrogens is 2. The van der Waals surface area contributed by atoms with Crippen molar-refractivity contribution in [2.75, 3.05) is 11.9 Å². The first kappa shape index (κ1) is 17.8. The third kappa shape index (κ3) is 6.64. The number of benzene rings is 1. The molecule has 0 saturated carbocycles. The maximum Gasteiger partial charge on any atom is 0.226 e. The van der Waals surface area contributed by atoms with Crippen molar-refractivity contribution < 1.29 is 4.79 Å². The molecule has 0 unspecified atom stereocenters. The SMILES string of the molecule is NCCCCCCC(=O)Nc1nnc(Cc2cccc(Cl)c2)s1. The second kappa shape index (κ2) is 9.60. The van der Waals surface area contributed by atoms with Gasteiger partial charge in [-0.25, -0.2) is 0 Å². The molecule has 0 saturated heterocycles. The monoisotopic (exact) mass is 352 g/mol. The number of hydrogen-bond donors (Lipinski definition) is 2. The molecular formula is C16H21ClN4OS. The molecule has 0 aliphatic heterocycles. The summed E-state index contributed by atoms with van der Waals surface area (Å²) in [5, 5.41) is 13.0. The lowest BCUT2D eigenvalue weighted by Crippen LogP contribution is -2.10. The van der Waals surface area contributed by atoms with E-state index in [2.05, 4.69) is 15.5 Å². The lowest BCUT2D eigenvalue weighted by atomic mass is 10.1. The average molecular weight is 353 g/mol. The second-order valence-corrected chi connectivity index (χ2v) is 6.81. The molecule has 1 aromatic carbocycles. The topological polar surface area (TPSA) is 80.9 Å². The van der Waals surface area contributed by atoms with E-state index in [1.54, 1.807) is 0 Å². The van der Waals surface area contributed by atoms with Gasteiger partial charge in [0.15, 0.2) is 0 Å². The summed E-state index contributed by atoms with van der Waals surface area (Å²) in [6.45, 7) is 0.715. The predicted octanol–water partition coefficient (Wildman–Crippen LogP) is 3.63. The fourth-order valence-electron chi connectivity index (χ4n) is 2.16. The highest BCUT2D eigenvalue weighted by molar-refractivity contribution is 7.15. The summed E-state index contributed by atoms with van der Waals surface area (Å²) >= 11 is 7.36. The largest absolute Gasteiger partial charge is 0.330 e. The minimum atomic E-state index is -0.0109. The molecule has 1 amide bonds. The Balaban J connectivity index is 1.77. The second-order valence-electron chi connectivity index (χ2n) is 5.31. The van der Waals surface area contributed by atoms with E-state index in [0.29, 0.717) is 29.5 Å². The first-order valence-corrected chi connectivity index (χ1v) is 8.93. The van der Waals surface area contributed by atoms with Crippen molar-refractivity contribution in [2.45, 2.75) is 38.5 Å². The first-order valence-electron chi connectivity index (χ1n) is 7.74. The van der Waals surface area contributed by atoms with Crippen molar-refractivity contribution in [2.24, 2.45) is 5.73 Å². The smallest absolute Gasteiger partial charge is 0.226 e. The molecule has 23 heavy (non-hydrogen) atoms. The van der Waals surface area contributed by atoms with Gasteiger partial charge in [-0.2, -0.15) is 0 Å². The number of anilines is 1. The Morgan fingerprint density at radius 1 is 1.22 bits per heavy atom. The highest BCUT2D eigenvalue weighted by atomic mass is 35.5. The van der Waals surface area contributed by atoms with E-state index in [0.717, 1.165) is 36.3 Å². The van der Waals surface area contributed by atoms with E-state index in [9.17, 15) is 4.79 Å². The Morgan fingerprint density at radius 3 is 2.83 bits per heavy atom. The van der Waals surface area contributed by atoms with E-state index in [4.69, 9.17) is 17.3 Å². The van der Waals surface area contributed by atoms with Gasteiger partial charge in [-0.15, -0.1) is 10.2 Å². The summed E-state index contributed by atoms with van der Waals surface area (Å²) in [7, 11) is 0. The van der Waals surface area contributed by atoms with Crippen LogP contribution in [0.2, 0.25) is 5.02 Å². The van der Waals surface area contributed by atoms with Crippen LogP contribution >= 0.6 is 22.9 Å². The summed E-state index contributed by atoms with van der Waals surface area (Å²) in [4.78, 5) is 11.8. The molecule has 2 aromatic rings. The van der Waals surface area contributed by atoms with Gasteiger partial charge in [-0.3, -0.25) is 4.79 Å². The van der Waals surface area contributed by atoms with Crippen LogP contribution in [0.5, 0.6) is 0 Å². The molecule has 0 atom stereocenters. The van der Waals surface area contributed by atoms with E-state index in [-0.39, 0.29) is 5.91 Å². The van der Waals surface area contributed by atoms with Gasteiger partial charge < -0.3 is 11.1 Å². The van der Waals surface area contributed by atoms with Gasteiger partial charge in [0.25, 0.3) is 0 Å². The van der Waals surface area contributed by atoms with Crippen molar-refractivity contribution in [3.05, 3.63) is 39.9 Å². The molecule has 0 bridgehead atoms. The van der Waals surface area contributed by atoms with Gasteiger partial charge in [0, 0.05) is 17.9 Å². The Labute approximate surface area is 145 Å². The van der Waals surface area contributed by atoms with Crippen LogP contribution in [0.25, 0.3) is 0 Å². The molecule has 7 heteroatoms. The zero-order chi connectivity index (χ0) is 16.5. The molecule has 0 fully saturated rings. The summed E-state index contributed by atoms with van der Waals surface area (Å²) in [6.07, 6.45) is 5.17. The number of carbonyl (C=O) groups is 1. The predicted molar refractivity (Wildman–Crippen MR) is 94.9 cm³/mol. The van der Waals surface area contributed by atoms with Crippen molar-refractivity contribution >= 4 is 34.0 Å². The Morgan fingerprint density at radius 2 is 2.04 bits per heavy atom. The number of hydrogen-bond acceptors (Lipinski definition) is 5. The molecule has 1 heterocycles. The number of nitrogens with one attached hydrogen (secondary N) is 1. The van der Waals surface area contributed by atoms with E-state index >= 15 is 0 Å². The van der Waals surface area contributed by atoms with Crippen LogP contribution in [0.4, 0.5) is 5.13 Å². The zero-order valence-corrected chi connectivity index (χ0v) is 14.5. The molecule has 0 spiro atoms. The molecule has 124 valence electrons. The third-order valence-corrected chi connectivity index (χ3v) is 4.39. The molecule has 1 aromatic heterocycles. The maximum absolute atomic E-state index is 11.8. The summed E-state index contributed by atoms with van der Waals surface area (Å²) in [5.41, 5.74) is 6.51. The molecular weight excluding hydrogens is 332 g/mol. The van der Waals surface area contributed by atoms with Crippen molar-refractivity contribution in [3.8, 4) is 0 Å². The van der Waals surface area contributed by atoms with E-state index in [1.165, 1.54) is 11.3 Å². The minimum Gasteiger partial charge on any atom is -0.330 e. The summed E-state index contributed by atoms with van der Waals surface area (Å²) < 4.78 is 0. The molecule has 0 radical (unpaired) electrons. The maximum atomic E-state index is 11.8. The fourth-order valence-corrected chi connectivity index (χ4v) is 3.17. The van der Waals surface area contributed by atoms with Gasteiger partial charge in [0.2, 0.25) is 11.0 Å². The Kier molecular flexibility index (Phi) is 7.45. The molecule has 0 aliphatic rings. The number of amides is 1. The van der Waals surface area contributed by atoms with Crippen LogP contribution in [-0.2, 0) is 11.2 Å². The molecule has 3 N–H and O–H groups in total. The number of nitrogens with zero attached hydrogens (tertiary/aromatic N) is 2. The fraction of sp³-hybridized carbons (Fsp3) is 0.438. The van der Waals surface area contributed by atoms with E-state index in [1.807, 2.05) is 24.3 Å². The van der Waals surface area contributed by atoms with Crippen LogP contribution in [0.15, 0.2) is 24.3 Å². The highest BCUT2D eigenvalue weighted by Crippen LogP contribution is 2.20. The van der Waals surface area contributed by atoms with Crippen LogP contribution in [-0.4, -0.2) is 22.6 Å². The van der Waals surface area contributed by atoms with Gasteiger partial charge in [-0.05, 0) is 37.1 Å². The van der Waals surface area contributed by atoms with Gasteiger partial charge in [0.05, 0.1) is 0 Å². The normalized spacial score (nSPS) is 10.7. The zero-order valence-electron chi connectivity index (χ0n) is 12.9. The summed E-state index contributed by atoms with van der Waals surface area (Å²) in [6, 6.07) is 7.64. The van der Waals surface area contributed by atoms with Gasteiger partial charge >= 0.3 is 0 Å². The van der Waals surface area contributed by atoms with Gasteiger partial charge in [0.1, 0.15) is 5.01 Å². The standard InChI is InChI=1S/C16H21ClN4OS/c17-13-7-5-6-12(10-13)11-15-20-21-16(23-15)19-14(22)8-3-1-2-4-9-18/h5-7,10H,1-4,8-9,11,18H2,(H,19,21,22). The molecule has 2 rings (SSSR count). The number of unbranched alkanes of at least 4 members (excludes halogenated alkanes) is 3. The van der Waals surface area contributed by atoms with Crippen molar-refractivity contribution in [3.63, 3.8) is 0 Å². The average Bonchev–Trinajstić information content (AvgIpc) is 2.94. The first-order chi connectivity index (χ1) is 11.2. The Hall–Kier alpha value is -1.50. The molecule has 5 nitrogen and oxygen atoms in total. The lowest BCUT2D eigenvalue weighted by Gasteiger charge is -2.01. The number of rotatable bonds is 9. The number of halogens is 1. The van der Waals surface area contributed by atoms with E-state index < -0.39 is 0 Å². The van der Waals surface area contributed by atoms with Crippen LogP contribution in [0.3, 0.4) is 0 Å². The Bertz CT molecular complexity index is 632. The third-order valence-electron chi connectivity index (χ3n) is 3.32.